The molecule has 2 aliphatic heterocycles. The minimum Gasteiger partial charge on any atom is -0.315 e. The van der Waals surface area contributed by atoms with Crippen LogP contribution in [-0.4, -0.2) is 37.1 Å². The zero-order chi connectivity index (χ0) is 9.97. The van der Waals surface area contributed by atoms with Gasteiger partial charge in [0, 0.05) is 19.1 Å². The van der Waals surface area contributed by atoms with Crippen molar-refractivity contribution >= 4 is 0 Å². The second kappa shape index (κ2) is 4.63. The number of likely N-dealkylation sites (tertiary alicyclic amines) is 1. The molecular weight excluding hydrogens is 172 g/mol. The van der Waals surface area contributed by atoms with Gasteiger partial charge in [-0.2, -0.15) is 0 Å². The summed E-state index contributed by atoms with van der Waals surface area (Å²) in [5.41, 5.74) is 0. The Labute approximate surface area is 88.1 Å². The van der Waals surface area contributed by atoms with E-state index in [-0.39, 0.29) is 0 Å². The normalized spacial score (nSPS) is 40.3. The SMILES string of the molecule is CCC1CNCC1N1CCCC(C)C1. The van der Waals surface area contributed by atoms with E-state index in [0.717, 1.165) is 17.9 Å². The van der Waals surface area contributed by atoms with Gasteiger partial charge >= 0.3 is 0 Å². The first-order valence-electron chi connectivity index (χ1n) is 6.26. The third-order valence-electron chi connectivity index (χ3n) is 3.99. The van der Waals surface area contributed by atoms with E-state index in [1.54, 1.807) is 0 Å². The molecule has 3 atom stereocenters. The van der Waals surface area contributed by atoms with Crippen LogP contribution in [0.15, 0.2) is 0 Å². The highest BCUT2D eigenvalue weighted by Crippen LogP contribution is 2.24. The van der Waals surface area contributed by atoms with Crippen LogP contribution in [0, 0.1) is 11.8 Å². The maximum atomic E-state index is 3.54. The van der Waals surface area contributed by atoms with Crippen LogP contribution >= 0.6 is 0 Å². The molecular formula is C12H24N2. The average molecular weight is 196 g/mol. The summed E-state index contributed by atoms with van der Waals surface area (Å²) in [7, 11) is 0. The van der Waals surface area contributed by atoms with Crippen molar-refractivity contribution in [3.63, 3.8) is 0 Å². The molecule has 0 aromatic rings. The molecule has 2 aliphatic rings. The van der Waals surface area contributed by atoms with Gasteiger partial charge in [0.05, 0.1) is 0 Å². The fraction of sp³-hybridized carbons (Fsp3) is 1.00. The van der Waals surface area contributed by atoms with Crippen LogP contribution in [0.3, 0.4) is 0 Å². The third-order valence-corrected chi connectivity index (χ3v) is 3.99. The molecule has 0 aliphatic carbocycles. The third kappa shape index (κ3) is 2.12. The molecule has 2 nitrogen and oxygen atoms in total. The summed E-state index contributed by atoms with van der Waals surface area (Å²) in [5, 5.41) is 3.54. The summed E-state index contributed by atoms with van der Waals surface area (Å²) in [6, 6.07) is 0.836. The van der Waals surface area contributed by atoms with Gasteiger partial charge in [0.2, 0.25) is 0 Å². The van der Waals surface area contributed by atoms with E-state index in [1.807, 2.05) is 0 Å². The van der Waals surface area contributed by atoms with Crippen LogP contribution in [0.5, 0.6) is 0 Å². The highest BCUT2D eigenvalue weighted by atomic mass is 15.2. The average Bonchev–Trinajstić information content (AvgIpc) is 2.65. The lowest BCUT2D eigenvalue weighted by Gasteiger charge is -2.37. The summed E-state index contributed by atoms with van der Waals surface area (Å²) < 4.78 is 0. The van der Waals surface area contributed by atoms with E-state index < -0.39 is 0 Å². The summed E-state index contributed by atoms with van der Waals surface area (Å²) in [6.07, 6.45) is 4.18. The first-order chi connectivity index (χ1) is 6.81. The number of hydrogen-bond donors (Lipinski definition) is 1. The summed E-state index contributed by atoms with van der Waals surface area (Å²) >= 11 is 0. The lowest BCUT2D eigenvalue weighted by Crippen LogP contribution is -2.45. The quantitative estimate of drug-likeness (QED) is 0.723. The van der Waals surface area contributed by atoms with Gasteiger partial charge in [-0.3, -0.25) is 4.90 Å². The van der Waals surface area contributed by atoms with Crippen LogP contribution in [0.1, 0.15) is 33.1 Å². The maximum Gasteiger partial charge on any atom is 0.0260 e. The molecule has 2 saturated heterocycles. The Hall–Kier alpha value is -0.0800. The summed E-state index contributed by atoms with van der Waals surface area (Å²) in [4.78, 5) is 2.74. The van der Waals surface area contributed by atoms with Crippen molar-refractivity contribution in [2.24, 2.45) is 11.8 Å². The lowest BCUT2D eigenvalue weighted by atomic mass is 9.94. The van der Waals surface area contributed by atoms with Crippen molar-refractivity contribution < 1.29 is 0 Å². The second-order valence-corrected chi connectivity index (χ2v) is 5.14. The van der Waals surface area contributed by atoms with Gasteiger partial charge < -0.3 is 5.32 Å². The van der Waals surface area contributed by atoms with Gasteiger partial charge in [0.1, 0.15) is 0 Å². The molecule has 0 amide bonds. The highest BCUT2D eigenvalue weighted by Gasteiger charge is 2.32. The van der Waals surface area contributed by atoms with Crippen molar-refractivity contribution in [3.8, 4) is 0 Å². The van der Waals surface area contributed by atoms with Crippen molar-refractivity contribution in [2.75, 3.05) is 26.2 Å². The van der Waals surface area contributed by atoms with Crippen LogP contribution in [0.4, 0.5) is 0 Å². The van der Waals surface area contributed by atoms with Crippen molar-refractivity contribution in [2.45, 2.75) is 39.2 Å². The van der Waals surface area contributed by atoms with Gasteiger partial charge in [-0.25, -0.2) is 0 Å². The van der Waals surface area contributed by atoms with Crippen LogP contribution in [-0.2, 0) is 0 Å². The minimum atomic E-state index is 0.836. The van der Waals surface area contributed by atoms with E-state index in [9.17, 15) is 0 Å². The highest BCUT2D eigenvalue weighted by molar-refractivity contribution is 4.89. The molecule has 2 rings (SSSR count). The predicted octanol–water partition coefficient (Wildman–Crippen LogP) is 1.72. The molecule has 82 valence electrons. The molecule has 0 radical (unpaired) electrons. The Morgan fingerprint density at radius 1 is 1.36 bits per heavy atom. The van der Waals surface area contributed by atoms with Crippen LogP contribution in [0.25, 0.3) is 0 Å². The van der Waals surface area contributed by atoms with E-state index >= 15 is 0 Å². The zero-order valence-electron chi connectivity index (χ0n) is 9.63. The molecule has 2 heterocycles. The Kier molecular flexibility index (Phi) is 3.45. The van der Waals surface area contributed by atoms with Crippen molar-refractivity contribution in [1.29, 1.82) is 0 Å². The van der Waals surface area contributed by atoms with E-state index in [0.29, 0.717) is 0 Å². The number of nitrogens with zero attached hydrogens (tertiary/aromatic N) is 1. The monoisotopic (exact) mass is 196 g/mol. The fourth-order valence-corrected chi connectivity index (χ4v) is 3.09. The Balaban J connectivity index is 1.92. The smallest absolute Gasteiger partial charge is 0.0260 e. The number of hydrogen-bond acceptors (Lipinski definition) is 2. The number of piperidine rings is 1. The summed E-state index contributed by atoms with van der Waals surface area (Å²) in [6.45, 7) is 9.88. The molecule has 2 heteroatoms. The molecule has 14 heavy (non-hydrogen) atoms. The van der Waals surface area contributed by atoms with E-state index in [2.05, 4.69) is 24.1 Å². The molecule has 2 fully saturated rings. The molecule has 0 saturated carbocycles. The molecule has 3 unspecified atom stereocenters. The Bertz CT molecular complexity index is 181. The maximum absolute atomic E-state index is 3.54. The first kappa shape index (κ1) is 10.4. The largest absolute Gasteiger partial charge is 0.315 e. The standard InChI is InChI=1S/C12H24N2/c1-3-11-7-13-8-12(11)14-6-4-5-10(2)9-14/h10-13H,3-9H2,1-2H3. The first-order valence-corrected chi connectivity index (χ1v) is 6.26. The Morgan fingerprint density at radius 2 is 2.21 bits per heavy atom. The van der Waals surface area contributed by atoms with Crippen molar-refractivity contribution in [1.82, 2.24) is 10.2 Å². The predicted molar refractivity (Wildman–Crippen MR) is 60.4 cm³/mol. The lowest BCUT2D eigenvalue weighted by molar-refractivity contribution is 0.113. The van der Waals surface area contributed by atoms with Gasteiger partial charge in [0.25, 0.3) is 0 Å². The number of rotatable bonds is 2. The van der Waals surface area contributed by atoms with Gasteiger partial charge in [-0.15, -0.1) is 0 Å². The summed E-state index contributed by atoms with van der Waals surface area (Å²) in [5.74, 6) is 1.82. The molecule has 0 aromatic carbocycles. The van der Waals surface area contributed by atoms with Crippen molar-refractivity contribution in [3.05, 3.63) is 0 Å². The Morgan fingerprint density at radius 3 is 2.93 bits per heavy atom. The zero-order valence-corrected chi connectivity index (χ0v) is 9.63. The van der Waals surface area contributed by atoms with E-state index in [4.69, 9.17) is 0 Å². The van der Waals surface area contributed by atoms with E-state index in [1.165, 1.54) is 45.4 Å². The van der Waals surface area contributed by atoms with Crippen LogP contribution in [0.2, 0.25) is 0 Å². The molecule has 0 spiro atoms. The van der Waals surface area contributed by atoms with Crippen LogP contribution < -0.4 is 5.32 Å². The topological polar surface area (TPSA) is 15.3 Å². The van der Waals surface area contributed by atoms with Gasteiger partial charge in [0.15, 0.2) is 0 Å². The number of nitrogens with one attached hydrogen (secondary N) is 1. The van der Waals surface area contributed by atoms with Gasteiger partial charge in [-0.1, -0.05) is 20.3 Å². The molecule has 1 N–H and O–H groups in total. The molecule has 0 aromatic heterocycles. The van der Waals surface area contributed by atoms with Gasteiger partial charge in [-0.05, 0) is 37.8 Å². The minimum absolute atomic E-state index is 0.836. The second-order valence-electron chi connectivity index (χ2n) is 5.14. The fourth-order valence-electron chi connectivity index (χ4n) is 3.09. The molecule has 0 bridgehead atoms.